The molecule has 1 aliphatic carbocycles. The van der Waals surface area contributed by atoms with E-state index in [4.69, 9.17) is 4.74 Å². The number of urea groups is 1. The molecule has 1 unspecified atom stereocenters. The van der Waals surface area contributed by atoms with Crippen molar-refractivity contribution < 1.29 is 24.3 Å². The molecular formula is C18H28N4O5. The molecule has 3 saturated heterocycles. The number of carbonyl (C=O) groups excluding carboxylic acids is 3. The number of nitrogens with zero attached hydrogens (tertiary/aromatic N) is 3. The topological polar surface area (TPSA) is 102 Å². The van der Waals surface area contributed by atoms with E-state index in [2.05, 4.69) is 5.32 Å². The maximum Gasteiger partial charge on any atom is 0.410 e. The van der Waals surface area contributed by atoms with Crippen molar-refractivity contribution in [3.05, 3.63) is 0 Å². The van der Waals surface area contributed by atoms with Crippen molar-refractivity contribution in [2.75, 3.05) is 19.6 Å². The lowest BCUT2D eigenvalue weighted by atomic mass is 9.85. The van der Waals surface area contributed by atoms with Crippen LogP contribution in [-0.4, -0.2) is 81.5 Å². The number of nitrogens with one attached hydrogen (secondary N) is 1. The number of hydroxylamine groups is 2. The van der Waals surface area contributed by atoms with Gasteiger partial charge >= 0.3 is 12.1 Å². The maximum absolute atomic E-state index is 12.9. The zero-order valence-electron chi connectivity index (χ0n) is 16.1. The monoisotopic (exact) mass is 380 g/mol. The van der Waals surface area contributed by atoms with Crippen LogP contribution in [0.1, 0.15) is 46.5 Å². The van der Waals surface area contributed by atoms with Gasteiger partial charge in [0.05, 0.1) is 6.04 Å². The number of amides is 4. The highest BCUT2D eigenvalue weighted by Crippen LogP contribution is 2.58. The first-order valence-corrected chi connectivity index (χ1v) is 9.67. The summed E-state index contributed by atoms with van der Waals surface area (Å²) in [5.74, 6) is -0.195. The van der Waals surface area contributed by atoms with E-state index in [1.165, 1.54) is 4.90 Å². The second-order valence-electron chi connectivity index (χ2n) is 9.30. The van der Waals surface area contributed by atoms with Crippen LogP contribution in [0.4, 0.5) is 9.59 Å². The van der Waals surface area contributed by atoms with Crippen molar-refractivity contribution in [2.24, 2.45) is 5.41 Å². The largest absolute Gasteiger partial charge is 0.444 e. The molecule has 4 rings (SSSR count). The summed E-state index contributed by atoms with van der Waals surface area (Å²) in [5.41, 5.74) is -0.667. The number of hydrogen-bond acceptors (Lipinski definition) is 5. The summed E-state index contributed by atoms with van der Waals surface area (Å²) >= 11 is 0. The van der Waals surface area contributed by atoms with Gasteiger partial charge in [0, 0.05) is 25.7 Å². The Morgan fingerprint density at radius 2 is 1.96 bits per heavy atom. The summed E-state index contributed by atoms with van der Waals surface area (Å²) in [5, 5.41) is 13.9. The molecule has 0 aromatic carbocycles. The van der Waals surface area contributed by atoms with Crippen LogP contribution in [0.3, 0.4) is 0 Å². The van der Waals surface area contributed by atoms with Crippen molar-refractivity contribution in [3.63, 3.8) is 0 Å². The minimum atomic E-state index is -0.554. The van der Waals surface area contributed by atoms with E-state index >= 15 is 0 Å². The first kappa shape index (κ1) is 18.3. The normalized spacial score (nSPS) is 31.5. The molecule has 0 aromatic heterocycles. The predicted molar refractivity (Wildman–Crippen MR) is 93.9 cm³/mol. The molecule has 1 saturated carbocycles. The maximum atomic E-state index is 12.9. The number of ether oxygens (including phenoxy) is 1. The Labute approximate surface area is 158 Å². The highest BCUT2D eigenvalue weighted by molar-refractivity contribution is 5.89. The van der Waals surface area contributed by atoms with Crippen LogP contribution in [0, 0.1) is 5.41 Å². The highest BCUT2D eigenvalue weighted by atomic mass is 16.6. The number of hydrogen-bond donors (Lipinski definition) is 2. The molecular weight excluding hydrogens is 352 g/mol. The van der Waals surface area contributed by atoms with Crippen LogP contribution in [-0.2, 0) is 9.53 Å². The molecule has 4 fully saturated rings. The average molecular weight is 380 g/mol. The number of carbonyl (C=O) groups is 3. The van der Waals surface area contributed by atoms with E-state index in [9.17, 15) is 19.6 Å². The third-order valence-corrected chi connectivity index (χ3v) is 6.17. The molecule has 0 radical (unpaired) electrons. The summed E-state index contributed by atoms with van der Waals surface area (Å²) in [4.78, 5) is 40.4. The standard InChI is InChI=1S/C18H28N4O5/c1-17(2,3)27-16(25)20-7-4-11(9-20)19-14(23)12-8-18(5-6-18)13-10-21(12)15(24)22(13)26/h11-13,26H,4-10H2,1-3H3,(H,19,23)/t11?,12-,13-/m0/s1. The van der Waals surface area contributed by atoms with Crippen LogP contribution in [0.2, 0.25) is 0 Å². The fourth-order valence-electron chi connectivity index (χ4n) is 4.55. The lowest BCUT2D eigenvalue weighted by Gasteiger charge is -2.35. The van der Waals surface area contributed by atoms with Crippen LogP contribution >= 0.6 is 0 Å². The van der Waals surface area contributed by atoms with Crippen molar-refractivity contribution in [3.8, 4) is 0 Å². The van der Waals surface area contributed by atoms with Gasteiger partial charge in [-0.1, -0.05) is 0 Å². The summed E-state index contributed by atoms with van der Waals surface area (Å²) in [6.07, 6.45) is 2.76. The summed E-state index contributed by atoms with van der Waals surface area (Å²) < 4.78 is 5.38. The van der Waals surface area contributed by atoms with Crippen LogP contribution in [0.5, 0.6) is 0 Å². The summed E-state index contributed by atoms with van der Waals surface area (Å²) in [6, 6.07) is -1.38. The molecule has 150 valence electrons. The minimum absolute atomic E-state index is 0.113. The average Bonchev–Trinajstić information content (AvgIpc) is 3.08. The molecule has 2 bridgehead atoms. The third kappa shape index (κ3) is 3.22. The number of piperidine rings is 1. The van der Waals surface area contributed by atoms with Crippen LogP contribution in [0.25, 0.3) is 0 Å². The molecule has 27 heavy (non-hydrogen) atoms. The van der Waals surface area contributed by atoms with E-state index in [0.717, 1.165) is 17.9 Å². The molecule has 3 heterocycles. The lowest BCUT2D eigenvalue weighted by Crippen LogP contribution is -2.54. The Balaban J connectivity index is 1.36. The van der Waals surface area contributed by atoms with E-state index in [1.807, 2.05) is 20.8 Å². The molecule has 9 heteroatoms. The SMILES string of the molecule is CC(C)(C)OC(=O)N1CCC(NC(=O)[C@@H]2CC3(CC3)[C@@H]3CN2C(=O)N3O)C1. The molecule has 9 nitrogen and oxygen atoms in total. The smallest absolute Gasteiger partial charge is 0.410 e. The van der Waals surface area contributed by atoms with Gasteiger partial charge in [-0.05, 0) is 51.9 Å². The first-order valence-electron chi connectivity index (χ1n) is 9.67. The van der Waals surface area contributed by atoms with Gasteiger partial charge in [-0.25, -0.2) is 14.7 Å². The zero-order valence-corrected chi connectivity index (χ0v) is 16.1. The molecule has 4 aliphatic rings. The van der Waals surface area contributed by atoms with Gasteiger partial charge in [0.15, 0.2) is 0 Å². The van der Waals surface area contributed by atoms with E-state index in [1.54, 1.807) is 4.90 Å². The second kappa shape index (κ2) is 5.98. The molecule has 0 aromatic rings. The molecule has 2 N–H and O–H groups in total. The molecule has 3 aliphatic heterocycles. The third-order valence-electron chi connectivity index (χ3n) is 6.17. The fourth-order valence-corrected chi connectivity index (χ4v) is 4.55. The number of likely N-dealkylation sites (tertiary alicyclic amines) is 1. The highest BCUT2D eigenvalue weighted by Gasteiger charge is 2.63. The fraction of sp³-hybridized carbons (Fsp3) is 0.833. The second-order valence-corrected chi connectivity index (χ2v) is 9.30. The van der Waals surface area contributed by atoms with Crippen LogP contribution < -0.4 is 5.32 Å². The zero-order chi connectivity index (χ0) is 19.6. The van der Waals surface area contributed by atoms with Crippen molar-refractivity contribution in [1.82, 2.24) is 20.2 Å². The van der Waals surface area contributed by atoms with Gasteiger partial charge in [-0.3, -0.25) is 10.0 Å². The summed E-state index contributed by atoms with van der Waals surface area (Å²) in [7, 11) is 0. The van der Waals surface area contributed by atoms with Crippen LogP contribution in [0.15, 0.2) is 0 Å². The van der Waals surface area contributed by atoms with Crippen molar-refractivity contribution >= 4 is 18.0 Å². The lowest BCUT2D eigenvalue weighted by molar-refractivity contribution is -0.128. The molecule has 4 amide bonds. The van der Waals surface area contributed by atoms with Gasteiger partial charge in [0.2, 0.25) is 5.91 Å². The van der Waals surface area contributed by atoms with Gasteiger partial charge in [-0.15, -0.1) is 0 Å². The van der Waals surface area contributed by atoms with Crippen molar-refractivity contribution in [2.45, 2.75) is 70.2 Å². The first-order chi connectivity index (χ1) is 12.6. The Morgan fingerprint density at radius 1 is 1.26 bits per heavy atom. The van der Waals surface area contributed by atoms with E-state index in [0.29, 0.717) is 32.5 Å². The summed E-state index contributed by atoms with van der Waals surface area (Å²) in [6.45, 7) is 6.80. The van der Waals surface area contributed by atoms with E-state index < -0.39 is 17.7 Å². The molecule has 1 spiro atoms. The Hall–Kier alpha value is -2.03. The predicted octanol–water partition coefficient (Wildman–Crippen LogP) is 1.16. The minimum Gasteiger partial charge on any atom is -0.444 e. The quantitative estimate of drug-likeness (QED) is 0.700. The van der Waals surface area contributed by atoms with E-state index in [-0.39, 0.29) is 29.5 Å². The molecule has 3 atom stereocenters. The Morgan fingerprint density at radius 3 is 2.59 bits per heavy atom. The Bertz CT molecular complexity index is 671. The van der Waals surface area contributed by atoms with Crippen molar-refractivity contribution in [1.29, 1.82) is 0 Å². The number of fused-ring (bicyclic) bond motifs is 3. The van der Waals surface area contributed by atoms with Gasteiger partial charge in [0.1, 0.15) is 11.6 Å². The number of rotatable bonds is 2. The van der Waals surface area contributed by atoms with Gasteiger partial charge < -0.3 is 19.9 Å². The van der Waals surface area contributed by atoms with Gasteiger partial charge in [-0.2, -0.15) is 0 Å². The Kier molecular flexibility index (Phi) is 4.06. The van der Waals surface area contributed by atoms with Gasteiger partial charge in [0.25, 0.3) is 0 Å².